The third-order valence-corrected chi connectivity index (χ3v) is 7.36. The average Bonchev–Trinajstić information content (AvgIpc) is 2.60. The van der Waals surface area contributed by atoms with Crippen molar-refractivity contribution in [2.45, 2.75) is 40.0 Å². The molecule has 3 fully saturated rings. The summed E-state index contributed by atoms with van der Waals surface area (Å²) in [5.41, 5.74) is 1.05. The van der Waals surface area contributed by atoms with Crippen LogP contribution in [0.15, 0.2) is 12.2 Å². The van der Waals surface area contributed by atoms with Crippen LogP contribution in [0.5, 0.6) is 0 Å². The molecule has 5 heteroatoms. The lowest BCUT2D eigenvalue weighted by Crippen LogP contribution is -2.57. The standard InChI is InChI=1S/C20H31ClO4/c1-11(10-21)7-15(18(22)24-5)17(19(23)25-6)14-8-13-9-16(12(14)2)20(13,3)4/h12-17H,1,7-10H2,2-6H3/t12-,13+,14+,15?,16+,17?/m0/s1. The third-order valence-electron chi connectivity index (χ3n) is 6.98. The van der Waals surface area contributed by atoms with Crippen molar-refractivity contribution in [1.29, 1.82) is 0 Å². The molecule has 0 heterocycles. The van der Waals surface area contributed by atoms with E-state index in [-0.39, 0.29) is 23.7 Å². The minimum atomic E-state index is -0.586. The maximum absolute atomic E-state index is 12.7. The van der Waals surface area contributed by atoms with Gasteiger partial charge in [0.2, 0.25) is 0 Å². The summed E-state index contributed by atoms with van der Waals surface area (Å²) in [6, 6.07) is 0. The SMILES string of the molecule is C=C(CCl)CC(C(=O)OC)C(C(=O)OC)[C@@H]1C[C@@H]2C[C@H]([C@H]1C)C2(C)C. The number of fused-ring (bicyclic) bond motifs is 2. The van der Waals surface area contributed by atoms with Gasteiger partial charge < -0.3 is 9.47 Å². The van der Waals surface area contributed by atoms with Gasteiger partial charge in [0.05, 0.1) is 26.1 Å². The highest BCUT2D eigenvalue weighted by Crippen LogP contribution is 2.64. The molecule has 0 aromatic carbocycles. The molecule has 0 N–H and O–H groups in total. The van der Waals surface area contributed by atoms with E-state index >= 15 is 0 Å². The van der Waals surface area contributed by atoms with Gasteiger partial charge in [-0.3, -0.25) is 9.59 Å². The van der Waals surface area contributed by atoms with Crippen LogP contribution in [0.1, 0.15) is 40.0 Å². The lowest BCUT2D eigenvalue weighted by molar-refractivity contribution is -0.177. The maximum Gasteiger partial charge on any atom is 0.309 e. The van der Waals surface area contributed by atoms with E-state index in [1.807, 2.05) is 0 Å². The molecule has 3 aliphatic rings. The molecule has 2 bridgehead atoms. The Morgan fingerprint density at radius 1 is 1.20 bits per heavy atom. The van der Waals surface area contributed by atoms with Gasteiger partial charge in [-0.2, -0.15) is 0 Å². The van der Waals surface area contributed by atoms with E-state index in [2.05, 4.69) is 27.4 Å². The fourth-order valence-corrected chi connectivity index (χ4v) is 5.42. The summed E-state index contributed by atoms with van der Waals surface area (Å²) in [7, 11) is 2.75. The zero-order valence-corrected chi connectivity index (χ0v) is 16.8. The first kappa shape index (κ1) is 20.3. The predicted molar refractivity (Wildman–Crippen MR) is 98.1 cm³/mol. The van der Waals surface area contributed by atoms with Crippen molar-refractivity contribution in [3.05, 3.63) is 12.2 Å². The zero-order chi connectivity index (χ0) is 18.9. The van der Waals surface area contributed by atoms with Crippen molar-refractivity contribution in [2.24, 2.45) is 40.9 Å². The molecular weight excluding hydrogens is 340 g/mol. The van der Waals surface area contributed by atoms with Crippen LogP contribution in [0.3, 0.4) is 0 Å². The molecule has 142 valence electrons. The van der Waals surface area contributed by atoms with Gasteiger partial charge in [0.15, 0.2) is 0 Å². The van der Waals surface area contributed by atoms with Gasteiger partial charge in [0.1, 0.15) is 0 Å². The van der Waals surface area contributed by atoms with Crippen LogP contribution in [0, 0.1) is 40.9 Å². The van der Waals surface area contributed by atoms with Gasteiger partial charge in [-0.1, -0.05) is 32.9 Å². The minimum absolute atomic E-state index is 0.122. The summed E-state index contributed by atoms with van der Waals surface area (Å²) in [5.74, 6) is 0.127. The van der Waals surface area contributed by atoms with Crippen molar-refractivity contribution in [2.75, 3.05) is 20.1 Å². The zero-order valence-electron chi connectivity index (χ0n) is 16.0. The number of ether oxygens (including phenoxy) is 2. The fraction of sp³-hybridized carbons (Fsp3) is 0.800. The Morgan fingerprint density at radius 2 is 1.80 bits per heavy atom. The van der Waals surface area contributed by atoms with Gasteiger partial charge in [-0.15, -0.1) is 11.6 Å². The highest BCUT2D eigenvalue weighted by atomic mass is 35.5. The van der Waals surface area contributed by atoms with Crippen molar-refractivity contribution in [3.63, 3.8) is 0 Å². The monoisotopic (exact) mass is 370 g/mol. The molecule has 3 rings (SSSR count). The summed E-state index contributed by atoms with van der Waals surface area (Å²) < 4.78 is 10.1. The highest BCUT2D eigenvalue weighted by Gasteiger charge is 2.59. The van der Waals surface area contributed by atoms with Crippen molar-refractivity contribution >= 4 is 23.5 Å². The van der Waals surface area contributed by atoms with Crippen molar-refractivity contribution in [3.8, 4) is 0 Å². The van der Waals surface area contributed by atoms with Crippen LogP contribution in [0.4, 0.5) is 0 Å². The number of alkyl halides is 1. The van der Waals surface area contributed by atoms with Crippen LogP contribution in [-0.4, -0.2) is 32.0 Å². The Labute approximate surface area is 156 Å². The minimum Gasteiger partial charge on any atom is -0.469 e. The van der Waals surface area contributed by atoms with Crippen LogP contribution < -0.4 is 0 Å². The van der Waals surface area contributed by atoms with E-state index < -0.39 is 11.8 Å². The van der Waals surface area contributed by atoms with Gasteiger partial charge in [-0.05, 0) is 48.3 Å². The molecule has 0 spiro atoms. The van der Waals surface area contributed by atoms with E-state index in [9.17, 15) is 9.59 Å². The van der Waals surface area contributed by atoms with E-state index in [0.717, 1.165) is 12.0 Å². The van der Waals surface area contributed by atoms with Crippen LogP contribution in [-0.2, 0) is 19.1 Å². The largest absolute Gasteiger partial charge is 0.469 e. The molecule has 0 amide bonds. The molecule has 0 radical (unpaired) electrons. The highest BCUT2D eigenvalue weighted by molar-refractivity contribution is 6.19. The third kappa shape index (κ3) is 3.60. The molecule has 2 unspecified atom stereocenters. The number of carbonyl (C=O) groups is 2. The molecule has 0 aromatic rings. The van der Waals surface area contributed by atoms with Gasteiger partial charge in [0.25, 0.3) is 0 Å². The molecular formula is C20H31ClO4. The topological polar surface area (TPSA) is 52.6 Å². The first-order valence-corrected chi connectivity index (χ1v) is 9.60. The number of hydrogen-bond donors (Lipinski definition) is 0. The molecule has 0 saturated heterocycles. The molecule has 3 aliphatic carbocycles. The lowest BCUT2D eigenvalue weighted by atomic mass is 9.42. The van der Waals surface area contributed by atoms with E-state index in [0.29, 0.717) is 29.6 Å². The lowest BCUT2D eigenvalue weighted by Gasteiger charge is -2.63. The number of halogens is 1. The first-order chi connectivity index (χ1) is 11.7. The number of carbonyl (C=O) groups excluding carboxylic acids is 2. The Balaban J connectivity index is 2.32. The number of esters is 2. The summed E-state index contributed by atoms with van der Waals surface area (Å²) >= 11 is 5.88. The van der Waals surface area contributed by atoms with Crippen molar-refractivity contribution < 1.29 is 19.1 Å². The quantitative estimate of drug-likeness (QED) is 0.385. The number of hydrogen-bond acceptors (Lipinski definition) is 4. The second-order valence-electron chi connectivity index (χ2n) is 8.39. The first-order valence-electron chi connectivity index (χ1n) is 9.07. The second-order valence-corrected chi connectivity index (χ2v) is 8.65. The van der Waals surface area contributed by atoms with Crippen LogP contribution in [0.2, 0.25) is 0 Å². The van der Waals surface area contributed by atoms with Crippen molar-refractivity contribution in [1.82, 2.24) is 0 Å². The molecule has 0 aromatic heterocycles. The summed E-state index contributed by atoms with van der Waals surface area (Å²) in [4.78, 5) is 25.2. The molecule has 25 heavy (non-hydrogen) atoms. The van der Waals surface area contributed by atoms with E-state index in [1.54, 1.807) is 0 Å². The summed E-state index contributed by atoms with van der Waals surface area (Å²) in [6.45, 7) is 10.8. The number of allylic oxidation sites excluding steroid dienone is 1. The molecule has 6 atom stereocenters. The van der Waals surface area contributed by atoms with Crippen LogP contribution in [0.25, 0.3) is 0 Å². The Morgan fingerprint density at radius 3 is 2.24 bits per heavy atom. The van der Waals surface area contributed by atoms with E-state index in [1.165, 1.54) is 20.6 Å². The average molecular weight is 371 g/mol. The Kier molecular flexibility index (Phi) is 6.24. The fourth-order valence-electron chi connectivity index (χ4n) is 5.31. The maximum atomic E-state index is 12.7. The Bertz CT molecular complexity index is 542. The van der Waals surface area contributed by atoms with E-state index in [4.69, 9.17) is 21.1 Å². The second kappa shape index (κ2) is 7.69. The summed E-state index contributed by atoms with van der Waals surface area (Å²) in [6.07, 6.45) is 2.53. The Hall–Kier alpha value is -1.03. The van der Waals surface area contributed by atoms with Gasteiger partial charge in [-0.25, -0.2) is 0 Å². The normalized spacial score (nSPS) is 32.1. The van der Waals surface area contributed by atoms with Crippen LogP contribution >= 0.6 is 11.6 Å². The molecule has 4 nitrogen and oxygen atoms in total. The number of rotatable bonds is 7. The van der Waals surface area contributed by atoms with Gasteiger partial charge >= 0.3 is 11.9 Å². The number of methoxy groups -OCH3 is 2. The predicted octanol–water partition coefficient (Wildman–Crippen LogP) is 4.07. The van der Waals surface area contributed by atoms with Gasteiger partial charge in [0, 0.05) is 5.88 Å². The molecule has 0 aliphatic heterocycles. The summed E-state index contributed by atoms with van der Waals surface area (Å²) in [5, 5.41) is 0. The molecule has 3 saturated carbocycles. The smallest absolute Gasteiger partial charge is 0.309 e.